The summed E-state index contributed by atoms with van der Waals surface area (Å²) in [6.07, 6.45) is -4.42. The predicted molar refractivity (Wildman–Crippen MR) is 82.7 cm³/mol. The van der Waals surface area contributed by atoms with E-state index in [2.05, 4.69) is 5.32 Å². The van der Waals surface area contributed by atoms with Crippen LogP contribution in [0.25, 0.3) is 0 Å². The summed E-state index contributed by atoms with van der Waals surface area (Å²) in [6, 6.07) is 11.7. The van der Waals surface area contributed by atoms with Crippen molar-refractivity contribution >= 4 is 5.91 Å². The van der Waals surface area contributed by atoms with Gasteiger partial charge < -0.3 is 5.32 Å². The molecule has 0 aliphatic rings. The average molecular weight is 339 g/mol. The summed E-state index contributed by atoms with van der Waals surface area (Å²) >= 11 is 0. The van der Waals surface area contributed by atoms with Gasteiger partial charge in [0.2, 0.25) is 5.91 Å². The van der Waals surface area contributed by atoms with Gasteiger partial charge in [0, 0.05) is 13.0 Å². The van der Waals surface area contributed by atoms with Crippen molar-refractivity contribution in [1.29, 1.82) is 0 Å². The van der Waals surface area contributed by atoms with E-state index >= 15 is 0 Å². The average Bonchev–Trinajstić information content (AvgIpc) is 2.52. The monoisotopic (exact) mass is 339 g/mol. The van der Waals surface area contributed by atoms with Crippen molar-refractivity contribution in [2.45, 2.75) is 32.0 Å². The molecule has 0 fully saturated rings. The zero-order valence-corrected chi connectivity index (χ0v) is 13.0. The maximum Gasteiger partial charge on any atom is 0.416 e. The van der Waals surface area contributed by atoms with Crippen LogP contribution in [0.5, 0.6) is 0 Å². The lowest BCUT2D eigenvalue weighted by Gasteiger charge is -2.13. The summed E-state index contributed by atoms with van der Waals surface area (Å²) in [5, 5.41) is 2.53. The van der Waals surface area contributed by atoms with Gasteiger partial charge in [-0.25, -0.2) is 4.39 Å². The first-order valence-electron chi connectivity index (χ1n) is 7.44. The topological polar surface area (TPSA) is 29.1 Å². The second kappa shape index (κ2) is 7.47. The Kier molecular flexibility index (Phi) is 5.59. The SMILES string of the molecule is C[C@H](CC(=O)NCc1cc(F)cc(C(F)(F)F)c1)c1ccccc1. The number of hydrogen-bond donors (Lipinski definition) is 1. The molecule has 24 heavy (non-hydrogen) atoms. The first-order chi connectivity index (χ1) is 11.3. The number of rotatable bonds is 5. The van der Waals surface area contributed by atoms with Crippen LogP contribution in [-0.2, 0) is 17.5 Å². The summed E-state index contributed by atoms with van der Waals surface area (Å²) in [5.74, 6) is -1.31. The zero-order chi connectivity index (χ0) is 17.7. The van der Waals surface area contributed by atoms with Crippen molar-refractivity contribution in [1.82, 2.24) is 5.32 Å². The van der Waals surface area contributed by atoms with Gasteiger partial charge >= 0.3 is 6.18 Å². The second-order valence-electron chi connectivity index (χ2n) is 5.64. The Hall–Kier alpha value is -2.37. The molecule has 2 aromatic carbocycles. The smallest absolute Gasteiger partial charge is 0.352 e. The lowest BCUT2D eigenvalue weighted by Crippen LogP contribution is -2.24. The summed E-state index contributed by atoms with van der Waals surface area (Å²) in [4.78, 5) is 11.9. The van der Waals surface area contributed by atoms with Gasteiger partial charge in [-0.3, -0.25) is 4.79 Å². The first kappa shape index (κ1) is 18.0. The number of alkyl halides is 3. The Morgan fingerprint density at radius 3 is 2.42 bits per heavy atom. The lowest BCUT2D eigenvalue weighted by atomic mass is 9.97. The highest BCUT2D eigenvalue weighted by Crippen LogP contribution is 2.30. The van der Waals surface area contributed by atoms with Crippen molar-refractivity contribution in [2.24, 2.45) is 0 Å². The molecule has 6 heteroatoms. The van der Waals surface area contributed by atoms with Gasteiger partial charge in [-0.15, -0.1) is 0 Å². The minimum atomic E-state index is -4.62. The van der Waals surface area contributed by atoms with Gasteiger partial charge in [-0.05, 0) is 35.2 Å². The molecule has 0 aliphatic carbocycles. The number of carbonyl (C=O) groups is 1. The van der Waals surface area contributed by atoms with Crippen LogP contribution in [-0.4, -0.2) is 5.91 Å². The molecule has 0 unspecified atom stereocenters. The van der Waals surface area contributed by atoms with Crippen LogP contribution < -0.4 is 5.32 Å². The Bertz CT molecular complexity index is 698. The number of halogens is 4. The fourth-order valence-electron chi connectivity index (χ4n) is 2.37. The minimum absolute atomic E-state index is 0.0237. The summed E-state index contributed by atoms with van der Waals surface area (Å²) in [5.41, 5.74) is 0.00482. The molecule has 2 aromatic rings. The van der Waals surface area contributed by atoms with Crippen molar-refractivity contribution in [2.75, 3.05) is 0 Å². The maximum absolute atomic E-state index is 13.3. The van der Waals surface area contributed by atoms with E-state index in [0.29, 0.717) is 6.07 Å². The van der Waals surface area contributed by atoms with E-state index in [1.54, 1.807) is 0 Å². The van der Waals surface area contributed by atoms with Crippen LogP contribution in [0.4, 0.5) is 17.6 Å². The fourth-order valence-corrected chi connectivity index (χ4v) is 2.37. The number of hydrogen-bond acceptors (Lipinski definition) is 1. The van der Waals surface area contributed by atoms with E-state index in [-0.39, 0.29) is 30.4 Å². The molecule has 0 aromatic heterocycles. The van der Waals surface area contributed by atoms with Crippen molar-refractivity contribution in [3.05, 3.63) is 71.0 Å². The van der Waals surface area contributed by atoms with Crippen LogP contribution in [0.1, 0.15) is 36.0 Å². The molecule has 2 rings (SSSR count). The molecular weight excluding hydrogens is 322 g/mol. The van der Waals surface area contributed by atoms with Gasteiger partial charge in [0.15, 0.2) is 0 Å². The zero-order valence-electron chi connectivity index (χ0n) is 13.0. The second-order valence-corrected chi connectivity index (χ2v) is 5.64. The van der Waals surface area contributed by atoms with Crippen LogP contribution in [0.2, 0.25) is 0 Å². The van der Waals surface area contributed by atoms with Crippen molar-refractivity contribution in [3.63, 3.8) is 0 Å². The molecule has 0 radical (unpaired) electrons. The number of carbonyl (C=O) groups excluding carboxylic acids is 1. The van der Waals surface area contributed by atoms with Crippen LogP contribution in [0, 0.1) is 5.82 Å². The summed E-state index contributed by atoms with van der Waals surface area (Å²) < 4.78 is 51.3. The molecule has 1 amide bonds. The lowest BCUT2D eigenvalue weighted by molar-refractivity contribution is -0.137. The molecule has 0 heterocycles. The molecule has 2 nitrogen and oxygen atoms in total. The normalized spacial score (nSPS) is 12.7. The van der Waals surface area contributed by atoms with E-state index in [9.17, 15) is 22.4 Å². The van der Waals surface area contributed by atoms with Crippen LogP contribution >= 0.6 is 0 Å². The number of amides is 1. The molecule has 0 bridgehead atoms. The molecule has 0 saturated carbocycles. The largest absolute Gasteiger partial charge is 0.416 e. The molecule has 0 aliphatic heterocycles. The third kappa shape index (κ3) is 5.08. The highest BCUT2D eigenvalue weighted by Gasteiger charge is 2.31. The predicted octanol–water partition coefficient (Wildman–Crippen LogP) is 4.65. The maximum atomic E-state index is 13.3. The molecular formula is C18H17F4NO. The van der Waals surface area contributed by atoms with Crippen LogP contribution in [0.15, 0.2) is 48.5 Å². The minimum Gasteiger partial charge on any atom is -0.352 e. The Balaban J connectivity index is 1.96. The highest BCUT2D eigenvalue weighted by atomic mass is 19.4. The Morgan fingerprint density at radius 1 is 1.12 bits per heavy atom. The Labute approximate surface area is 137 Å². The fraction of sp³-hybridized carbons (Fsp3) is 0.278. The summed E-state index contributed by atoms with van der Waals surface area (Å²) in [7, 11) is 0. The Morgan fingerprint density at radius 2 is 1.79 bits per heavy atom. The van der Waals surface area contributed by atoms with E-state index in [1.165, 1.54) is 0 Å². The van der Waals surface area contributed by atoms with Gasteiger partial charge in [-0.1, -0.05) is 37.3 Å². The molecule has 1 atom stereocenters. The van der Waals surface area contributed by atoms with Crippen LogP contribution in [0.3, 0.4) is 0 Å². The first-order valence-corrected chi connectivity index (χ1v) is 7.44. The van der Waals surface area contributed by atoms with Gasteiger partial charge in [-0.2, -0.15) is 13.2 Å². The molecule has 0 saturated heterocycles. The standard InChI is InChI=1S/C18H17F4NO/c1-12(14-5-3-2-4-6-14)7-17(24)23-11-13-8-15(18(20,21)22)10-16(19)9-13/h2-6,8-10,12H,7,11H2,1H3,(H,23,24)/t12-/m1/s1. The van der Waals surface area contributed by atoms with Crippen molar-refractivity contribution in [3.8, 4) is 0 Å². The highest BCUT2D eigenvalue weighted by molar-refractivity contribution is 5.76. The molecule has 128 valence electrons. The molecule has 0 spiro atoms. The quantitative estimate of drug-likeness (QED) is 0.789. The van der Waals surface area contributed by atoms with Gasteiger partial charge in [0.25, 0.3) is 0 Å². The number of benzene rings is 2. The third-order valence-corrected chi connectivity index (χ3v) is 3.63. The molecule has 1 N–H and O–H groups in total. The number of nitrogens with one attached hydrogen (secondary N) is 1. The van der Waals surface area contributed by atoms with Gasteiger partial charge in [0.05, 0.1) is 5.56 Å². The van der Waals surface area contributed by atoms with Gasteiger partial charge in [0.1, 0.15) is 5.82 Å². The van der Waals surface area contributed by atoms with E-state index < -0.39 is 17.6 Å². The third-order valence-electron chi connectivity index (χ3n) is 3.63. The van der Waals surface area contributed by atoms with E-state index in [1.807, 2.05) is 37.3 Å². The van der Waals surface area contributed by atoms with E-state index in [0.717, 1.165) is 17.7 Å². The summed E-state index contributed by atoms with van der Waals surface area (Å²) in [6.45, 7) is 1.74. The van der Waals surface area contributed by atoms with E-state index in [4.69, 9.17) is 0 Å². The van der Waals surface area contributed by atoms with Crippen molar-refractivity contribution < 1.29 is 22.4 Å².